The number of fused-ring (bicyclic) bond motifs is 4. The quantitative estimate of drug-likeness (QED) is 0.284. The van der Waals surface area contributed by atoms with Gasteiger partial charge in [0.2, 0.25) is 0 Å². The molecular formula is C32H32N2O. The lowest BCUT2D eigenvalue weighted by Gasteiger charge is -2.42. The van der Waals surface area contributed by atoms with Crippen LogP contribution in [0.3, 0.4) is 0 Å². The van der Waals surface area contributed by atoms with E-state index in [-0.39, 0.29) is 57.0 Å². The Morgan fingerprint density at radius 2 is 1.66 bits per heavy atom. The zero-order valence-corrected chi connectivity index (χ0v) is 20.4. The van der Waals surface area contributed by atoms with E-state index in [2.05, 4.69) is 44.8 Å². The molecule has 2 aromatic heterocycles. The number of aromatic nitrogens is 2. The zero-order valence-electron chi connectivity index (χ0n) is 27.4. The van der Waals surface area contributed by atoms with Gasteiger partial charge < -0.3 is 5.11 Å². The second-order valence-electron chi connectivity index (χ2n) is 10.9. The van der Waals surface area contributed by atoms with Gasteiger partial charge in [0.05, 0.1) is 16.5 Å². The first kappa shape index (κ1) is 15.4. The molecule has 0 saturated carbocycles. The van der Waals surface area contributed by atoms with Crippen LogP contribution in [0.15, 0.2) is 72.8 Å². The number of aryl methyl sites for hydroxylation is 1. The van der Waals surface area contributed by atoms with Crippen LogP contribution in [0.2, 0.25) is 0 Å². The van der Waals surface area contributed by atoms with Gasteiger partial charge >= 0.3 is 0 Å². The van der Waals surface area contributed by atoms with Crippen molar-refractivity contribution in [1.82, 2.24) is 9.55 Å². The van der Waals surface area contributed by atoms with Crippen molar-refractivity contribution < 1.29 is 14.7 Å². The SMILES string of the molecule is [2H]c1c([2H])c([2H])c2c(c1[2H])c1ccc(O)cc1n2-c1cc(C([2H])([2H])[2H])c(-c2ccc3c(c2)C(C)(C)CCC3(C)C)cn1. The molecular weight excluding hydrogens is 428 g/mol. The molecule has 0 saturated heterocycles. The molecule has 0 spiro atoms. The lowest BCUT2D eigenvalue weighted by molar-refractivity contribution is 0.332. The van der Waals surface area contributed by atoms with Crippen molar-refractivity contribution in [3.63, 3.8) is 0 Å². The summed E-state index contributed by atoms with van der Waals surface area (Å²) in [7, 11) is 0. The van der Waals surface area contributed by atoms with Crippen molar-refractivity contribution in [3.05, 3.63) is 89.5 Å². The summed E-state index contributed by atoms with van der Waals surface area (Å²) in [5.74, 6) is 0.119. The molecule has 3 heteroatoms. The molecule has 0 atom stereocenters. The number of aromatic hydroxyl groups is 1. The second kappa shape index (κ2) is 7.45. The van der Waals surface area contributed by atoms with Gasteiger partial charge in [-0.1, -0.05) is 64.0 Å². The Kier molecular flexibility index (Phi) is 3.28. The average Bonchev–Trinajstić information content (AvgIpc) is 3.26. The van der Waals surface area contributed by atoms with Gasteiger partial charge in [-0.05, 0) is 77.0 Å². The molecule has 2 heterocycles. The minimum Gasteiger partial charge on any atom is -0.508 e. The van der Waals surface area contributed by atoms with Gasteiger partial charge in [-0.3, -0.25) is 4.57 Å². The van der Waals surface area contributed by atoms with Gasteiger partial charge in [0.25, 0.3) is 0 Å². The topological polar surface area (TPSA) is 38.0 Å². The standard InChI is InChI=1S/C32H32N2O/c1-20-16-30(34-28-9-7-6-8-23(28)24-12-11-22(35)18-29(24)34)33-19-25(20)21-10-13-26-27(17-21)32(4,5)15-14-31(26,2)3/h6-13,16-19,35H,14-15H2,1-5H3/i1D3,6D,7D,8D,9D. The number of pyridine rings is 1. The van der Waals surface area contributed by atoms with E-state index in [0.29, 0.717) is 16.5 Å². The first-order valence-corrected chi connectivity index (χ1v) is 11.9. The number of benzene rings is 3. The Bertz CT molecular complexity index is 1940. The molecule has 0 amide bonds. The normalized spacial score (nSPS) is 19.7. The molecule has 0 fully saturated rings. The summed E-state index contributed by atoms with van der Waals surface area (Å²) in [5, 5.41) is 11.1. The molecule has 1 aliphatic carbocycles. The molecule has 35 heavy (non-hydrogen) atoms. The maximum absolute atomic E-state index is 10.3. The van der Waals surface area contributed by atoms with Gasteiger partial charge in [-0.2, -0.15) is 0 Å². The Balaban J connectivity index is 1.65. The first-order chi connectivity index (χ1) is 19.5. The van der Waals surface area contributed by atoms with Crippen molar-refractivity contribution in [2.24, 2.45) is 0 Å². The van der Waals surface area contributed by atoms with E-state index < -0.39 is 12.9 Å². The summed E-state index contributed by atoms with van der Waals surface area (Å²) < 4.78 is 60.7. The van der Waals surface area contributed by atoms with Gasteiger partial charge in [0.15, 0.2) is 0 Å². The van der Waals surface area contributed by atoms with E-state index in [4.69, 9.17) is 9.60 Å². The molecule has 1 N–H and O–H groups in total. The highest BCUT2D eigenvalue weighted by Crippen LogP contribution is 2.47. The second-order valence-corrected chi connectivity index (χ2v) is 10.9. The fraction of sp³-hybridized carbons (Fsp3) is 0.281. The fourth-order valence-electron chi connectivity index (χ4n) is 5.50. The molecule has 3 aromatic carbocycles. The third-order valence-corrected chi connectivity index (χ3v) is 7.67. The van der Waals surface area contributed by atoms with E-state index in [0.717, 1.165) is 18.4 Å². The minimum atomic E-state index is -2.50. The van der Waals surface area contributed by atoms with Crippen molar-refractivity contribution in [2.75, 3.05) is 0 Å². The summed E-state index contributed by atoms with van der Waals surface area (Å²) in [4.78, 5) is 4.68. The zero-order chi connectivity index (χ0) is 30.5. The van der Waals surface area contributed by atoms with Gasteiger partial charge in [-0.15, -0.1) is 0 Å². The minimum absolute atomic E-state index is 0.0146. The van der Waals surface area contributed by atoms with Crippen LogP contribution in [0, 0.1) is 6.85 Å². The van der Waals surface area contributed by atoms with Crippen LogP contribution in [0.5, 0.6) is 5.75 Å². The van der Waals surface area contributed by atoms with Crippen LogP contribution in [-0.2, 0) is 10.8 Å². The van der Waals surface area contributed by atoms with Crippen LogP contribution in [0.4, 0.5) is 0 Å². The number of para-hydroxylation sites is 1. The Hall–Kier alpha value is -3.59. The van der Waals surface area contributed by atoms with E-state index >= 15 is 0 Å². The molecule has 6 rings (SSSR count). The molecule has 0 radical (unpaired) electrons. The van der Waals surface area contributed by atoms with Crippen LogP contribution < -0.4 is 0 Å². The number of hydrogen-bond donors (Lipinski definition) is 1. The van der Waals surface area contributed by atoms with Crippen LogP contribution in [0.1, 0.15) is 66.8 Å². The molecule has 176 valence electrons. The van der Waals surface area contributed by atoms with E-state index in [1.165, 1.54) is 40.1 Å². The third kappa shape index (κ3) is 3.36. The summed E-state index contributed by atoms with van der Waals surface area (Å²) in [5.41, 5.74) is 4.28. The van der Waals surface area contributed by atoms with E-state index in [9.17, 15) is 5.11 Å². The smallest absolute Gasteiger partial charge is 0.137 e. The molecule has 3 nitrogen and oxygen atoms in total. The van der Waals surface area contributed by atoms with Crippen molar-refractivity contribution in [3.8, 4) is 22.7 Å². The summed E-state index contributed by atoms with van der Waals surface area (Å²) in [6.07, 6.45) is 3.62. The first-order valence-electron chi connectivity index (χ1n) is 15.4. The van der Waals surface area contributed by atoms with Crippen molar-refractivity contribution >= 4 is 21.8 Å². The summed E-state index contributed by atoms with van der Waals surface area (Å²) in [6.45, 7) is 6.41. The van der Waals surface area contributed by atoms with Crippen LogP contribution >= 0.6 is 0 Å². The largest absolute Gasteiger partial charge is 0.508 e. The maximum Gasteiger partial charge on any atom is 0.137 e. The fourth-order valence-corrected chi connectivity index (χ4v) is 5.50. The highest BCUT2D eigenvalue weighted by Gasteiger charge is 2.37. The molecule has 5 aromatic rings. The molecule has 1 aliphatic rings. The van der Waals surface area contributed by atoms with Gasteiger partial charge in [0, 0.05) is 32.7 Å². The van der Waals surface area contributed by atoms with Gasteiger partial charge in [-0.25, -0.2) is 4.98 Å². The number of phenols is 1. The lowest BCUT2D eigenvalue weighted by atomic mass is 9.63. The average molecular weight is 468 g/mol. The number of nitrogens with zero attached hydrogens (tertiary/aromatic N) is 2. The Morgan fingerprint density at radius 3 is 2.46 bits per heavy atom. The Labute approximate surface area is 216 Å². The predicted molar refractivity (Wildman–Crippen MR) is 146 cm³/mol. The van der Waals surface area contributed by atoms with Crippen molar-refractivity contribution in [1.29, 1.82) is 0 Å². The molecule has 0 unspecified atom stereocenters. The summed E-state index contributed by atoms with van der Waals surface area (Å²) in [6, 6.07) is 10.9. The monoisotopic (exact) mass is 467 g/mol. The summed E-state index contributed by atoms with van der Waals surface area (Å²) >= 11 is 0. The molecule has 0 aliphatic heterocycles. The third-order valence-electron chi connectivity index (χ3n) is 7.67. The van der Waals surface area contributed by atoms with Crippen LogP contribution in [-0.4, -0.2) is 14.7 Å². The predicted octanol–water partition coefficient (Wildman–Crippen LogP) is 8.21. The van der Waals surface area contributed by atoms with Gasteiger partial charge in [0.1, 0.15) is 11.6 Å². The number of rotatable bonds is 2. The number of phenolic OH excluding ortho intramolecular Hbond substituents is 1. The highest BCUT2D eigenvalue weighted by atomic mass is 16.3. The lowest BCUT2D eigenvalue weighted by Crippen LogP contribution is -2.33. The van der Waals surface area contributed by atoms with Crippen molar-refractivity contribution in [2.45, 2.75) is 58.2 Å². The van der Waals surface area contributed by atoms with E-state index in [1.807, 2.05) is 6.07 Å². The molecule has 0 bridgehead atoms. The van der Waals surface area contributed by atoms with Crippen LogP contribution in [0.25, 0.3) is 38.8 Å². The number of hydrogen-bond acceptors (Lipinski definition) is 2. The Morgan fingerprint density at radius 1 is 0.886 bits per heavy atom. The maximum atomic E-state index is 10.3. The highest BCUT2D eigenvalue weighted by molar-refractivity contribution is 6.09. The van der Waals surface area contributed by atoms with E-state index in [1.54, 1.807) is 6.07 Å².